The predicted octanol–water partition coefficient (Wildman–Crippen LogP) is 6.34. The standard InChI is InChI=1S/C20H42OSi3/c1-20(2,3)19(21)15-13-17(23(7,8)9)18(24(10,11)12)14-16(15)22(4,5)6/h13-15,18-19,21H,1-12H3. The third-order valence-electron chi connectivity index (χ3n) is 5.29. The second kappa shape index (κ2) is 6.67. The van der Waals surface area contributed by atoms with Gasteiger partial charge in [-0.15, -0.1) is 0 Å². The van der Waals surface area contributed by atoms with Crippen LogP contribution in [0.4, 0.5) is 0 Å². The van der Waals surface area contributed by atoms with Gasteiger partial charge in [-0.1, -0.05) is 102 Å². The van der Waals surface area contributed by atoms with Crippen LogP contribution >= 0.6 is 0 Å². The summed E-state index contributed by atoms with van der Waals surface area (Å²) in [7, 11) is -4.21. The van der Waals surface area contributed by atoms with E-state index in [2.05, 4.69) is 91.8 Å². The van der Waals surface area contributed by atoms with Gasteiger partial charge in [0, 0.05) is 5.92 Å². The molecule has 24 heavy (non-hydrogen) atoms. The lowest BCUT2D eigenvalue weighted by atomic mass is 9.79. The van der Waals surface area contributed by atoms with E-state index in [0.29, 0.717) is 5.54 Å². The van der Waals surface area contributed by atoms with Crippen molar-refractivity contribution in [1.29, 1.82) is 0 Å². The van der Waals surface area contributed by atoms with Crippen molar-refractivity contribution in [3.8, 4) is 0 Å². The summed E-state index contributed by atoms with van der Waals surface area (Å²) in [6, 6.07) is 0. The van der Waals surface area contributed by atoms with E-state index in [0.717, 1.165) is 0 Å². The second-order valence-corrected chi connectivity index (χ2v) is 27.4. The number of hydrogen-bond donors (Lipinski definition) is 1. The predicted molar refractivity (Wildman–Crippen MR) is 119 cm³/mol. The van der Waals surface area contributed by atoms with Crippen LogP contribution < -0.4 is 0 Å². The van der Waals surface area contributed by atoms with Gasteiger partial charge in [-0.05, 0) is 11.0 Å². The molecule has 1 aliphatic rings. The maximum Gasteiger partial charge on any atom is 0.0729 e. The zero-order valence-corrected chi connectivity index (χ0v) is 21.3. The SMILES string of the molecule is CC(C)(C)C(O)C1C=C([Si](C)(C)C)C([Si](C)(C)C)C=C1[Si](C)(C)C. The Morgan fingerprint density at radius 2 is 1.21 bits per heavy atom. The molecule has 1 nitrogen and oxygen atoms in total. The quantitative estimate of drug-likeness (QED) is 0.562. The van der Waals surface area contributed by atoms with Crippen molar-refractivity contribution >= 4 is 24.2 Å². The Hall–Kier alpha value is 0.0906. The zero-order valence-electron chi connectivity index (χ0n) is 18.3. The van der Waals surface area contributed by atoms with E-state index in [1.165, 1.54) is 0 Å². The summed E-state index contributed by atoms with van der Waals surface area (Å²) < 4.78 is 0. The van der Waals surface area contributed by atoms with Crippen molar-refractivity contribution in [3.63, 3.8) is 0 Å². The van der Waals surface area contributed by atoms with Gasteiger partial charge in [0.1, 0.15) is 0 Å². The van der Waals surface area contributed by atoms with E-state index in [1.54, 1.807) is 10.4 Å². The van der Waals surface area contributed by atoms with E-state index >= 15 is 0 Å². The fraction of sp³-hybridized carbons (Fsp3) is 0.800. The van der Waals surface area contributed by atoms with Gasteiger partial charge in [0.25, 0.3) is 0 Å². The van der Waals surface area contributed by atoms with E-state index in [-0.39, 0.29) is 17.4 Å². The molecule has 140 valence electrons. The van der Waals surface area contributed by atoms with Gasteiger partial charge in [-0.2, -0.15) is 0 Å². The summed E-state index contributed by atoms with van der Waals surface area (Å²) in [5, 5.41) is 14.5. The topological polar surface area (TPSA) is 20.2 Å². The molecule has 3 unspecified atom stereocenters. The fourth-order valence-corrected chi connectivity index (χ4v) is 11.8. The molecule has 0 saturated carbocycles. The summed E-state index contributed by atoms with van der Waals surface area (Å²) in [5.74, 6) is 0.214. The van der Waals surface area contributed by atoms with Crippen molar-refractivity contribution < 1.29 is 5.11 Å². The van der Waals surface area contributed by atoms with Gasteiger partial charge in [0.2, 0.25) is 0 Å². The highest BCUT2D eigenvalue weighted by atomic mass is 28.3. The van der Waals surface area contributed by atoms with Gasteiger partial charge in [-0.25, -0.2) is 0 Å². The minimum Gasteiger partial charge on any atom is -0.392 e. The number of rotatable bonds is 4. The molecule has 0 bridgehead atoms. The average Bonchev–Trinajstić information content (AvgIpc) is 2.31. The first-order valence-corrected chi connectivity index (χ1v) is 20.1. The lowest BCUT2D eigenvalue weighted by Gasteiger charge is -2.45. The summed E-state index contributed by atoms with van der Waals surface area (Å²) >= 11 is 0. The molecule has 0 heterocycles. The highest BCUT2D eigenvalue weighted by Crippen LogP contribution is 2.47. The Labute approximate surface area is 154 Å². The smallest absolute Gasteiger partial charge is 0.0729 e. The molecule has 0 radical (unpaired) electrons. The molecular weight excluding hydrogens is 340 g/mol. The molecule has 1 rings (SSSR count). The Morgan fingerprint density at radius 1 is 0.792 bits per heavy atom. The van der Waals surface area contributed by atoms with Crippen LogP contribution in [0.25, 0.3) is 0 Å². The molecule has 0 amide bonds. The Balaban J connectivity index is 3.59. The zero-order chi connectivity index (χ0) is 19.3. The first-order chi connectivity index (χ1) is 10.4. The molecule has 1 aliphatic carbocycles. The van der Waals surface area contributed by atoms with Crippen LogP contribution in [-0.2, 0) is 0 Å². The largest absolute Gasteiger partial charge is 0.392 e. The number of aliphatic hydroxyl groups is 1. The minimum atomic E-state index is -1.48. The molecule has 1 N–H and O–H groups in total. The monoisotopic (exact) mass is 382 g/mol. The first-order valence-electron chi connectivity index (χ1n) is 9.49. The molecule has 0 aromatic carbocycles. The van der Waals surface area contributed by atoms with Crippen LogP contribution in [0.15, 0.2) is 22.5 Å². The molecule has 3 atom stereocenters. The van der Waals surface area contributed by atoms with Gasteiger partial charge in [0.15, 0.2) is 0 Å². The second-order valence-electron chi connectivity index (χ2n) is 11.9. The third kappa shape index (κ3) is 5.05. The lowest BCUT2D eigenvalue weighted by Crippen LogP contribution is -2.46. The molecule has 4 heteroatoms. The minimum absolute atomic E-state index is 0.0869. The van der Waals surface area contributed by atoms with Crippen LogP contribution in [0.3, 0.4) is 0 Å². The van der Waals surface area contributed by atoms with Gasteiger partial charge < -0.3 is 5.11 Å². The van der Waals surface area contributed by atoms with E-state index in [1.807, 2.05) is 0 Å². The summed E-state index contributed by atoms with van der Waals surface area (Å²) in [6.45, 7) is 28.8. The van der Waals surface area contributed by atoms with E-state index in [4.69, 9.17) is 0 Å². The Kier molecular flexibility index (Phi) is 6.15. The summed E-state index contributed by atoms with van der Waals surface area (Å²) in [6.07, 6.45) is 4.88. The number of hydrogen-bond acceptors (Lipinski definition) is 1. The van der Waals surface area contributed by atoms with Crippen molar-refractivity contribution in [2.24, 2.45) is 11.3 Å². The highest BCUT2D eigenvalue weighted by Gasteiger charge is 2.44. The number of allylic oxidation sites excluding steroid dienone is 2. The Morgan fingerprint density at radius 3 is 1.50 bits per heavy atom. The summed E-state index contributed by atoms with van der Waals surface area (Å²) in [4.78, 5) is 0. The maximum absolute atomic E-state index is 11.2. The van der Waals surface area contributed by atoms with Crippen molar-refractivity contribution in [2.75, 3.05) is 0 Å². The highest BCUT2D eigenvalue weighted by molar-refractivity contribution is 6.89. The molecule has 0 spiro atoms. The lowest BCUT2D eigenvalue weighted by molar-refractivity contribution is 0.0400. The van der Waals surface area contributed by atoms with Crippen LogP contribution in [0.2, 0.25) is 64.5 Å². The fourth-order valence-electron chi connectivity index (χ4n) is 3.75. The van der Waals surface area contributed by atoms with Crippen LogP contribution in [0.5, 0.6) is 0 Å². The Bertz CT molecular complexity index is 519. The first kappa shape index (κ1) is 22.1. The van der Waals surface area contributed by atoms with Crippen molar-refractivity contribution in [3.05, 3.63) is 22.5 Å². The molecule has 0 aromatic heterocycles. The van der Waals surface area contributed by atoms with Crippen molar-refractivity contribution in [2.45, 2.75) is 91.3 Å². The van der Waals surface area contributed by atoms with Crippen LogP contribution in [0.1, 0.15) is 20.8 Å². The summed E-state index contributed by atoms with van der Waals surface area (Å²) in [5.41, 5.74) is 0.561. The normalized spacial score (nSPS) is 25.2. The maximum atomic E-state index is 11.2. The number of aliphatic hydroxyl groups excluding tert-OH is 1. The molecular formula is C20H42OSi3. The van der Waals surface area contributed by atoms with E-state index < -0.39 is 24.2 Å². The molecule has 0 aliphatic heterocycles. The third-order valence-corrected chi connectivity index (χ3v) is 12.4. The van der Waals surface area contributed by atoms with Crippen LogP contribution in [0, 0.1) is 11.3 Å². The average molecular weight is 383 g/mol. The van der Waals surface area contributed by atoms with Crippen LogP contribution in [-0.4, -0.2) is 35.4 Å². The van der Waals surface area contributed by atoms with Gasteiger partial charge in [-0.3, -0.25) is 0 Å². The molecule has 0 fully saturated rings. The van der Waals surface area contributed by atoms with E-state index in [9.17, 15) is 5.11 Å². The molecule has 0 saturated heterocycles. The molecule has 0 aromatic rings. The van der Waals surface area contributed by atoms with Gasteiger partial charge in [0.05, 0.1) is 30.3 Å². The van der Waals surface area contributed by atoms with Crippen molar-refractivity contribution in [1.82, 2.24) is 0 Å². The van der Waals surface area contributed by atoms with Gasteiger partial charge >= 0.3 is 0 Å².